The van der Waals surface area contributed by atoms with Crippen LogP contribution in [0.15, 0.2) is 36.5 Å². The van der Waals surface area contributed by atoms with E-state index in [0.717, 1.165) is 30.7 Å². The molecule has 2 heterocycles. The number of rotatable bonds is 10. The summed E-state index contributed by atoms with van der Waals surface area (Å²) in [5, 5.41) is 15.0. The quantitative estimate of drug-likeness (QED) is 0.223. The summed E-state index contributed by atoms with van der Waals surface area (Å²) in [7, 11) is 7.19. The summed E-state index contributed by atoms with van der Waals surface area (Å²) < 4.78 is 22.7. The van der Waals surface area contributed by atoms with Crippen molar-refractivity contribution < 1.29 is 14.1 Å². The van der Waals surface area contributed by atoms with Gasteiger partial charge < -0.3 is 24.4 Å². The van der Waals surface area contributed by atoms with Crippen LogP contribution < -0.4 is 15.0 Å². The van der Waals surface area contributed by atoms with Crippen LogP contribution in [0.3, 0.4) is 0 Å². The first-order valence-corrected chi connectivity index (χ1v) is 12.7. The van der Waals surface area contributed by atoms with E-state index < -0.39 is 10.7 Å². The molecule has 0 unspecified atom stereocenters. The van der Waals surface area contributed by atoms with Gasteiger partial charge in [-0.2, -0.15) is 0 Å². The number of fused-ring (bicyclic) bond motifs is 1. The SMILES string of the molecule is COc1cc(N(C)CCN(C)C)c([N+](=O)[O-])cc1Nc1nccc(-c2cc(F)c3nc(C)n(C4CC4)c3c2)n1. The van der Waals surface area contributed by atoms with Crippen molar-refractivity contribution >= 4 is 34.0 Å². The Labute approximate surface area is 225 Å². The molecule has 4 aromatic rings. The van der Waals surface area contributed by atoms with Gasteiger partial charge >= 0.3 is 0 Å². The minimum Gasteiger partial charge on any atom is -0.494 e. The molecule has 204 valence electrons. The van der Waals surface area contributed by atoms with Crippen LogP contribution >= 0.6 is 0 Å². The number of nitrogens with one attached hydrogen (secondary N) is 1. The highest BCUT2D eigenvalue weighted by Gasteiger charge is 2.28. The fourth-order valence-corrected chi connectivity index (χ4v) is 4.66. The number of halogens is 1. The lowest BCUT2D eigenvalue weighted by atomic mass is 10.1. The predicted molar refractivity (Wildman–Crippen MR) is 148 cm³/mol. The Bertz CT molecular complexity index is 1550. The summed E-state index contributed by atoms with van der Waals surface area (Å²) in [6.45, 7) is 3.21. The Balaban J connectivity index is 1.49. The van der Waals surface area contributed by atoms with Gasteiger partial charge in [-0.25, -0.2) is 19.3 Å². The number of benzene rings is 2. The van der Waals surface area contributed by atoms with E-state index in [1.165, 1.54) is 19.2 Å². The van der Waals surface area contributed by atoms with Crippen molar-refractivity contribution in [2.45, 2.75) is 25.8 Å². The predicted octanol–water partition coefficient (Wildman–Crippen LogP) is 4.93. The summed E-state index contributed by atoms with van der Waals surface area (Å²) in [6.07, 6.45) is 3.66. The van der Waals surface area contributed by atoms with Crippen molar-refractivity contribution in [1.29, 1.82) is 0 Å². The lowest BCUT2D eigenvalue weighted by Crippen LogP contribution is -2.28. The standard InChI is InChI=1S/C27H31FN8O3/c1-16-30-26-19(28)12-17(13-24(26)35(16)18-6-7-18)20-8-9-29-27(31-20)32-21-14-23(36(37)38)22(15-25(21)39-5)34(4)11-10-33(2)3/h8-9,12-15,18H,6-7,10-11H2,1-5H3,(H,29,31,32). The molecule has 1 N–H and O–H groups in total. The lowest BCUT2D eigenvalue weighted by molar-refractivity contribution is -0.384. The zero-order chi connectivity index (χ0) is 27.8. The second-order valence-electron chi connectivity index (χ2n) is 10.00. The number of nitrogens with zero attached hydrogens (tertiary/aromatic N) is 7. The van der Waals surface area contributed by atoms with E-state index in [9.17, 15) is 10.1 Å². The Morgan fingerprint density at radius 3 is 2.62 bits per heavy atom. The number of hydrogen-bond acceptors (Lipinski definition) is 9. The summed E-state index contributed by atoms with van der Waals surface area (Å²) in [5.41, 5.74) is 2.88. The van der Waals surface area contributed by atoms with E-state index in [4.69, 9.17) is 4.74 Å². The van der Waals surface area contributed by atoms with Gasteiger partial charge in [-0.1, -0.05) is 0 Å². The van der Waals surface area contributed by atoms with Crippen LogP contribution in [0.25, 0.3) is 22.3 Å². The van der Waals surface area contributed by atoms with Gasteiger partial charge in [0.25, 0.3) is 5.69 Å². The number of hydrogen-bond donors (Lipinski definition) is 1. The van der Waals surface area contributed by atoms with Crippen LogP contribution in [0.2, 0.25) is 0 Å². The minimum absolute atomic E-state index is 0.0769. The molecule has 1 aliphatic carbocycles. The summed E-state index contributed by atoms with van der Waals surface area (Å²) in [6, 6.07) is 8.40. The molecular weight excluding hydrogens is 503 g/mol. The van der Waals surface area contributed by atoms with Gasteiger partial charge in [0.1, 0.15) is 22.8 Å². The van der Waals surface area contributed by atoms with Crippen molar-refractivity contribution in [3.63, 3.8) is 0 Å². The van der Waals surface area contributed by atoms with Crippen LogP contribution in [-0.2, 0) is 0 Å². The summed E-state index contributed by atoms with van der Waals surface area (Å²) >= 11 is 0. The van der Waals surface area contributed by atoms with Crippen molar-refractivity contribution in [3.05, 3.63) is 58.3 Å². The molecule has 11 nitrogen and oxygen atoms in total. The van der Waals surface area contributed by atoms with Crippen molar-refractivity contribution in [2.24, 2.45) is 0 Å². The van der Waals surface area contributed by atoms with E-state index in [-0.39, 0.29) is 11.6 Å². The summed E-state index contributed by atoms with van der Waals surface area (Å²) in [4.78, 5) is 28.7. The molecule has 0 spiro atoms. The maximum atomic E-state index is 15.1. The molecule has 0 aliphatic heterocycles. The average Bonchev–Trinajstić information content (AvgIpc) is 3.68. The highest BCUT2D eigenvalue weighted by atomic mass is 19.1. The zero-order valence-corrected chi connectivity index (χ0v) is 22.6. The second kappa shape index (κ2) is 10.4. The van der Waals surface area contributed by atoms with Gasteiger partial charge in [0.15, 0.2) is 5.82 Å². The lowest BCUT2D eigenvalue weighted by Gasteiger charge is -2.22. The smallest absolute Gasteiger partial charge is 0.294 e. The maximum Gasteiger partial charge on any atom is 0.294 e. The molecule has 2 aromatic carbocycles. The number of ether oxygens (including phenoxy) is 1. The van der Waals surface area contributed by atoms with Crippen LogP contribution in [0.4, 0.5) is 27.4 Å². The molecule has 0 bridgehead atoms. The number of imidazole rings is 1. The third-order valence-electron chi connectivity index (χ3n) is 6.82. The molecule has 0 radical (unpaired) electrons. The van der Waals surface area contributed by atoms with E-state index in [1.54, 1.807) is 25.4 Å². The first-order chi connectivity index (χ1) is 18.7. The molecule has 2 aromatic heterocycles. The third-order valence-corrected chi connectivity index (χ3v) is 6.82. The number of aromatic nitrogens is 4. The number of methoxy groups -OCH3 is 1. The molecule has 0 saturated heterocycles. The molecular formula is C27H31FN8O3. The molecule has 12 heteroatoms. The van der Waals surface area contributed by atoms with Crippen molar-refractivity contribution in [2.75, 3.05) is 51.6 Å². The maximum absolute atomic E-state index is 15.1. The minimum atomic E-state index is -0.424. The number of nitro benzene ring substituents is 1. The third kappa shape index (κ3) is 5.32. The van der Waals surface area contributed by atoms with Gasteiger partial charge in [0, 0.05) is 50.1 Å². The highest BCUT2D eigenvalue weighted by molar-refractivity contribution is 5.83. The van der Waals surface area contributed by atoms with E-state index >= 15 is 4.39 Å². The number of nitro groups is 1. The number of aryl methyl sites for hydroxylation is 1. The molecule has 39 heavy (non-hydrogen) atoms. The molecule has 1 aliphatic rings. The van der Waals surface area contributed by atoms with Crippen LogP contribution in [0.1, 0.15) is 24.7 Å². The van der Waals surface area contributed by atoms with Gasteiger partial charge in [0.05, 0.1) is 28.9 Å². The first-order valence-electron chi connectivity index (χ1n) is 12.7. The van der Waals surface area contributed by atoms with Crippen LogP contribution in [0, 0.1) is 22.9 Å². The highest BCUT2D eigenvalue weighted by Crippen LogP contribution is 2.41. The second-order valence-corrected chi connectivity index (χ2v) is 10.00. The topological polar surface area (TPSA) is 114 Å². The van der Waals surface area contributed by atoms with Gasteiger partial charge in [-0.05, 0) is 52.1 Å². The molecule has 5 rings (SSSR count). The first kappa shape index (κ1) is 26.3. The van der Waals surface area contributed by atoms with Gasteiger partial charge in [-0.15, -0.1) is 0 Å². The Kier molecular flexibility index (Phi) is 7.04. The van der Waals surface area contributed by atoms with Crippen LogP contribution in [-0.4, -0.2) is 70.7 Å². The number of anilines is 3. The van der Waals surface area contributed by atoms with E-state index in [2.05, 4.69) is 24.8 Å². The van der Waals surface area contributed by atoms with E-state index in [1.807, 2.05) is 36.9 Å². The van der Waals surface area contributed by atoms with Crippen molar-refractivity contribution in [1.82, 2.24) is 24.4 Å². The van der Waals surface area contributed by atoms with Gasteiger partial charge in [-0.3, -0.25) is 10.1 Å². The Morgan fingerprint density at radius 2 is 1.95 bits per heavy atom. The summed E-state index contributed by atoms with van der Waals surface area (Å²) in [5.74, 6) is 0.973. The molecule has 0 atom stereocenters. The number of likely N-dealkylation sites (N-methyl/N-ethyl adjacent to an activating group) is 2. The normalized spacial score (nSPS) is 13.2. The van der Waals surface area contributed by atoms with Crippen LogP contribution in [0.5, 0.6) is 5.75 Å². The van der Waals surface area contributed by atoms with E-state index in [0.29, 0.717) is 46.5 Å². The van der Waals surface area contributed by atoms with Crippen molar-refractivity contribution in [3.8, 4) is 17.0 Å². The fourth-order valence-electron chi connectivity index (χ4n) is 4.66. The zero-order valence-electron chi connectivity index (χ0n) is 22.6. The monoisotopic (exact) mass is 534 g/mol. The van der Waals surface area contributed by atoms with Gasteiger partial charge in [0.2, 0.25) is 5.95 Å². The Hall–Kier alpha value is -4.32. The molecule has 0 amide bonds. The molecule has 1 fully saturated rings. The average molecular weight is 535 g/mol. The fraction of sp³-hybridized carbons (Fsp3) is 0.370. The molecule has 1 saturated carbocycles. The largest absolute Gasteiger partial charge is 0.494 e. The Morgan fingerprint density at radius 1 is 1.18 bits per heavy atom.